The largest absolute Gasteiger partial charge is 0.390 e. The fraction of sp³-hybridized carbons (Fsp3) is 0.267. The molecule has 0 bridgehead atoms. The second-order valence-corrected chi connectivity index (χ2v) is 4.89. The predicted octanol–water partition coefficient (Wildman–Crippen LogP) is 3.06. The highest BCUT2D eigenvalue weighted by molar-refractivity contribution is 5.66. The van der Waals surface area contributed by atoms with Gasteiger partial charge in [0.15, 0.2) is 0 Å². The van der Waals surface area contributed by atoms with Crippen molar-refractivity contribution in [1.82, 2.24) is 4.98 Å². The molecule has 1 heterocycles. The van der Waals surface area contributed by atoms with Crippen LogP contribution in [-0.2, 0) is 6.42 Å². The molecule has 0 aliphatic carbocycles. The summed E-state index contributed by atoms with van der Waals surface area (Å²) >= 11 is 0. The van der Waals surface area contributed by atoms with E-state index >= 15 is 0 Å². The lowest BCUT2D eigenvalue weighted by Gasteiger charge is -2.19. The molecule has 0 radical (unpaired) electrons. The van der Waals surface area contributed by atoms with Crippen LogP contribution in [0.5, 0.6) is 0 Å². The maximum Gasteiger partial charge on any atom is 0.0632 e. The summed E-state index contributed by atoms with van der Waals surface area (Å²) in [5, 5.41) is 9.92. The molecule has 17 heavy (non-hydrogen) atoms. The summed E-state index contributed by atoms with van der Waals surface area (Å²) in [5.74, 6) is 0. The van der Waals surface area contributed by atoms with Crippen LogP contribution in [0.25, 0.3) is 11.1 Å². The Labute approximate surface area is 102 Å². The van der Waals surface area contributed by atoms with E-state index in [0.29, 0.717) is 6.42 Å². The molecule has 0 aliphatic heterocycles. The number of benzene rings is 1. The van der Waals surface area contributed by atoms with Gasteiger partial charge >= 0.3 is 0 Å². The lowest BCUT2D eigenvalue weighted by atomic mass is 9.93. The average molecular weight is 227 g/mol. The van der Waals surface area contributed by atoms with Gasteiger partial charge in [-0.2, -0.15) is 0 Å². The third kappa shape index (κ3) is 3.14. The van der Waals surface area contributed by atoms with Gasteiger partial charge in [-0.1, -0.05) is 30.3 Å². The molecule has 0 aliphatic rings. The van der Waals surface area contributed by atoms with E-state index in [0.717, 1.165) is 16.7 Å². The molecule has 0 atom stereocenters. The monoisotopic (exact) mass is 227 g/mol. The topological polar surface area (TPSA) is 33.1 Å². The van der Waals surface area contributed by atoms with Crippen molar-refractivity contribution < 1.29 is 5.11 Å². The zero-order chi connectivity index (χ0) is 12.3. The minimum atomic E-state index is -0.703. The Hall–Kier alpha value is -1.67. The Balaban J connectivity index is 2.41. The summed E-state index contributed by atoms with van der Waals surface area (Å²) < 4.78 is 0. The van der Waals surface area contributed by atoms with Crippen molar-refractivity contribution in [3.63, 3.8) is 0 Å². The van der Waals surface area contributed by atoms with E-state index in [1.807, 2.05) is 44.3 Å². The van der Waals surface area contributed by atoms with E-state index in [1.165, 1.54) is 0 Å². The minimum Gasteiger partial charge on any atom is -0.390 e. The quantitative estimate of drug-likeness (QED) is 0.874. The van der Waals surface area contributed by atoms with Crippen LogP contribution in [0.1, 0.15) is 19.4 Å². The van der Waals surface area contributed by atoms with Crippen molar-refractivity contribution in [3.05, 3.63) is 54.4 Å². The van der Waals surface area contributed by atoms with Gasteiger partial charge in [0, 0.05) is 24.4 Å². The maximum atomic E-state index is 9.92. The molecule has 0 amide bonds. The number of pyridine rings is 1. The van der Waals surface area contributed by atoms with E-state index in [4.69, 9.17) is 0 Å². The van der Waals surface area contributed by atoms with Crippen LogP contribution in [0, 0.1) is 0 Å². The normalized spacial score (nSPS) is 11.5. The molecule has 0 unspecified atom stereocenters. The zero-order valence-corrected chi connectivity index (χ0v) is 10.2. The highest BCUT2D eigenvalue weighted by atomic mass is 16.3. The Morgan fingerprint density at radius 1 is 1.12 bits per heavy atom. The van der Waals surface area contributed by atoms with Crippen molar-refractivity contribution in [2.24, 2.45) is 0 Å². The van der Waals surface area contributed by atoms with E-state index in [-0.39, 0.29) is 0 Å². The van der Waals surface area contributed by atoms with Gasteiger partial charge in [-0.25, -0.2) is 0 Å². The highest BCUT2D eigenvalue weighted by Crippen LogP contribution is 2.25. The number of aromatic nitrogens is 1. The van der Waals surface area contributed by atoms with Gasteiger partial charge in [-0.05, 0) is 31.0 Å². The number of hydrogen-bond acceptors (Lipinski definition) is 2. The molecule has 0 spiro atoms. The number of aliphatic hydroxyl groups is 1. The summed E-state index contributed by atoms with van der Waals surface area (Å²) in [6.07, 6.45) is 4.25. The zero-order valence-electron chi connectivity index (χ0n) is 10.2. The van der Waals surface area contributed by atoms with Crippen molar-refractivity contribution in [1.29, 1.82) is 0 Å². The van der Waals surface area contributed by atoms with Gasteiger partial charge in [-0.3, -0.25) is 4.98 Å². The van der Waals surface area contributed by atoms with E-state index in [9.17, 15) is 5.11 Å². The molecular formula is C15H17NO. The van der Waals surface area contributed by atoms with Crippen molar-refractivity contribution in [2.45, 2.75) is 25.9 Å². The first-order chi connectivity index (χ1) is 8.06. The lowest BCUT2D eigenvalue weighted by Crippen LogP contribution is -2.22. The first-order valence-electron chi connectivity index (χ1n) is 5.77. The molecule has 0 fully saturated rings. The van der Waals surface area contributed by atoms with Gasteiger partial charge in [0.25, 0.3) is 0 Å². The van der Waals surface area contributed by atoms with Gasteiger partial charge in [0.05, 0.1) is 5.60 Å². The average Bonchev–Trinajstić information content (AvgIpc) is 2.29. The Morgan fingerprint density at radius 3 is 2.47 bits per heavy atom. The van der Waals surface area contributed by atoms with Crippen LogP contribution < -0.4 is 0 Å². The lowest BCUT2D eigenvalue weighted by molar-refractivity contribution is 0.0811. The smallest absolute Gasteiger partial charge is 0.0632 e. The molecular weight excluding hydrogens is 210 g/mol. The first kappa shape index (κ1) is 11.8. The van der Waals surface area contributed by atoms with Gasteiger partial charge in [0.2, 0.25) is 0 Å². The van der Waals surface area contributed by atoms with Crippen LogP contribution in [0.15, 0.2) is 48.8 Å². The summed E-state index contributed by atoms with van der Waals surface area (Å²) in [4.78, 5) is 4.17. The second-order valence-electron chi connectivity index (χ2n) is 4.89. The van der Waals surface area contributed by atoms with Crippen LogP contribution in [-0.4, -0.2) is 15.7 Å². The highest BCUT2D eigenvalue weighted by Gasteiger charge is 2.16. The molecule has 1 N–H and O–H groups in total. The van der Waals surface area contributed by atoms with Crippen molar-refractivity contribution in [3.8, 4) is 11.1 Å². The predicted molar refractivity (Wildman–Crippen MR) is 69.7 cm³/mol. The van der Waals surface area contributed by atoms with E-state index < -0.39 is 5.60 Å². The second kappa shape index (κ2) is 4.68. The fourth-order valence-corrected chi connectivity index (χ4v) is 1.92. The molecule has 2 aromatic rings. The number of hydrogen-bond donors (Lipinski definition) is 1. The number of nitrogens with zero attached hydrogens (tertiary/aromatic N) is 1. The molecule has 0 saturated heterocycles. The molecule has 2 heteroatoms. The third-order valence-corrected chi connectivity index (χ3v) is 2.62. The molecule has 2 rings (SSSR count). The summed E-state index contributed by atoms with van der Waals surface area (Å²) in [6.45, 7) is 3.64. The fourth-order valence-electron chi connectivity index (χ4n) is 1.92. The van der Waals surface area contributed by atoms with Crippen molar-refractivity contribution in [2.75, 3.05) is 0 Å². The summed E-state index contributed by atoms with van der Waals surface area (Å²) in [5.41, 5.74) is 2.65. The van der Waals surface area contributed by atoms with E-state index in [1.54, 1.807) is 6.20 Å². The van der Waals surface area contributed by atoms with Gasteiger partial charge in [-0.15, -0.1) is 0 Å². The van der Waals surface area contributed by atoms with Gasteiger partial charge in [0.1, 0.15) is 0 Å². The third-order valence-electron chi connectivity index (χ3n) is 2.62. The molecule has 0 saturated carbocycles. The summed E-state index contributed by atoms with van der Waals surface area (Å²) in [7, 11) is 0. The molecule has 2 nitrogen and oxygen atoms in total. The Morgan fingerprint density at radius 2 is 1.82 bits per heavy atom. The Bertz CT molecular complexity index is 486. The van der Waals surface area contributed by atoms with Gasteiger partial charge < -0.3 is 5.11 Å². The van der Waals surface area contributed by atoms with Crippen LogP contribution >= 0.6 is 0 Å². The van der Waals surface area contributed by atoms with Crippen molar-refractivity contribution >= 4 is 0 Å². The van der Waals surface area contributed by atoms with E-state index in [2.05, 4.69) is 17.1 Å². The standard InChI is InChI=1S/C15H17NO/c1-15(2,17)10-13-8-9-16-11-14(13)12-6-4-3-5-7-12/h3-9,11,17H,10H2,1-2H3. The van der Waals surface area contributed by atoms with Crippen LogP contribution in [0.3, 0.4) is 0 Å². The van der Waals surface area contributed by atoms with Crippen LogP contribution in [0.4, 0.5) is 0 Å². The SMILES string of the molecule is CC(C)(O)Cc1ccncc1-c1ccccc1. The maximum absolute atomic E-state index is 9.92. The molecule has 1 aromatic heterocycles. The first-order valence-corrected chi connectivity index (χ1v) is 5.77. The number of rotatable bonds is 3. The molecule has 1 aromatic carbocycles. The summed E-state index contributed by atoms with van der Waals surface area (Å²) in [6, 6.07) is 12.1. The minimum absolute atomic E-state index is 0.625. The Kier molecular flexibility index (Phi) is 3.25. The van der Waals surface area contributed by atoms with Crippen LogP contribution in [0.2, 0.25) is 0 Å². The molecule has 88 valence electrons.